The molecular formula is C14H13F5N4. The Bertz CT molecular complexity index is 700. The van der Waals surface area contributed by atoms with Gasteiger partial charge in [-0.05, 0) is 26.0 Å². The first-order valence-corrected chi connectivity index (χ1v) is 6.60. The highest BCUT2D eigenvalue weighted by molar-refractivity contribution is 5.58. The molecule has 2 rings (SSSR count). The fraction of sp³-hybridized carbons (Fsp3) is 0.286. The van der Waals surface area contributed by atoms with Crippen LogP contribution in [0.15, 0.2) is 24.3 Å². The summed E-state index contributed by atoms with van der Waals surface area (Å²) in [7, 11) is 0. The first-order valence-electron chi connectivity index (χ1n) is 6.60. The fourth-order valence-electron chi connectivity index (χ4n) is 1.71. The molecule has 2 aromatic rings. The molecule has 0 saturated carbocycles. The molecular weight excluding hydrogens is 319 g/mol. The van der Waals surface area contributed by atoms with Crippen LogP contribution in [-0.4, -0.2) is 16.0 Å². The third kappa shape index (κ3) is 4.51. The van der Waals surface area contributed by atoms with E-state index in [2.05, 4.69) is 20.6 Å². The molecule has 23 heavy (non-hydrogen) atoms. The summed E-state index contributed by atoms with van der Waals surface area (Å²) >= 11 is 0. The van der Waals surface area contributed by atoms with Crippen LogP contribution in [0.25, 0.3) is 0 Å². The Labute approximate surface area is 128 Å². The average molecular weight is 332 g/mol. The number of halogens is 5. The van der Waals surface area contributed by atoms with E-state index in [9.17, 15) is 22.0 Å². The fourth-order valence-corrected chi connectivity index (χ4v) is 1.71. The van der Waals surface area contributed by atoms with Gasteiger partial charge in [-0.3, -0.25) is 0 Å². The van der Waals surface area contributed by atoms with Crippen molar-refractivity contribution >= 4 is 17.5 Å². The van der Waals surface area contributed by atoms with Gasteiger partial charge in [0.25, 0.3) is 0 Å². The van der Waals surface area contributed by atoms with Crippen molar-refractivity contribution in [3.05, 3.63) is 41.6 Å². The molecule has 1 heterocycles. The lowest BCUT2D eigenvalue weighted by Crippen LogP contribution is -2.17. The number of aromatic nitrogens is 2. The van der Waals surface area contributed by atoms with Crippen LogP contribution in [0.2, 0.25) is 0 Å². The van der Waals surface area contributed by atoms with Gasteiger partial charge in [0.2, 0.25) is 5.95 Å². The standard InChI is InChI=1S/C14H13F5N4/c1-7(2)20-13-22-11(14(17,18)19)6-12(23-13)21-10-5-8(15)3-4-9(10)16/h3-7H,1-2H3,(H2,20,21,22,23). The van der Waals surface area contributed by atoms with E-state index in [1.54, 1.807) is 13.8 Å². The van der Waals surface area contributed by atoms with Crippen LogP contribution in [0, 0.1) is 11.6 Å². The van der Waals surface area contributed by atoms with Crippen LogP contribution in [0.1, 0.15) is 19.5 Å². The van der Waals surface area contributed by atoms with Crippen LogP contribution >= 0.6 is 0 Å². The number of alkyl halides is 3. The molecule has 0 spiro atoms. The summed E-state index contributed by atoms with van der Waals surface area (Å²) in [5.74, 6) is -2.13. The summed E-state index contributed by atoms with van der Waals surface area (Å²) in [4.78, 5) is 7.20. The van der Waals surface area contributed by atoms with Crippen LogP contribution in [0.3, 0.4) is 0 Å². The van der Waals surface area contributed by atoms with E-state index >= 15 is 0 Å². The molecule has 0 unspecified atom stereocenters. The molecule has 0 fully saturated rings. The molecule has 0 aliphatic carbocycles. The van der Waals surface area contributed by atoms with E-state index in [1.165, 1.54) is 0 Å². The van der Waals surface area contributed by atoms with Gasteiger partial charge >= 0.3 is 6.18 Å². The molecule has 0 atom stereocenters. The monoisotopic (exact) mass is 332 g/mol. The molecule has 2 N–H and O–H groups in total. The van der Waals surface area contributed by atoms with Crippen molar-refractivity contribution in [2.45, 2.75) is 26.1 Å². The van der Waals surface area contributed by atoms with Gasteiger partial charge in [-0.15, -0.1) is 0 Å². The zero-order chi connectivity index (χ0) is 17.2. The van der Waals surface area contributed by atoms with E-state index in [0.717, 1.165) is 18.2 Å². The molecule has 9 heteroatoms. The predicted molar refractivity (Wildman–Crippen MR) is 75.4 cm³/mol. The zero-order valence-electron chi connectivity index (χ0n) is 12.2. The minimum atomic E-state index is -4.70. The highest BCUT2D eigenvalue weighted by Crippen LogP contribution is 2.31. The van der Waals surface area contributed by atoms with Crippen LogP contribution < -0.4 is 10.6 Å². The lowest BCUT2D eigenvalue weighted by atomic mass is 10.3. The number of nitrogens with one attached hydrogen (secondary N) is 2. The number of nitrogens with zero attached hydrogens (tertiary/aromatic N) is 2. The maximum Gasteiger partial charge on any atom is 0.433 e. The number of anilines is 3. The largest absolute Gasteiger partial charge is 0.433 e. The van der Waals surface area contributed by atoms with Gasteiger partial charge < -0.3 is 10.6 Å². The second kappa shape index (κ2) is 6.35. The summed E-state index contributed by atoms with van der Waals surface area (Å²) in [5.41, 5.74) is -1.53. The Morgan fingerprint density at radius 3 is 2.35 bits per heavy atom. The Hall–Kier alpha value is -2.45. The molecule has 0 bridgehead atoms. The van der Waals surface area contributed by atoms with E-state index in [1.807, 2.05) is 0 Å². The molecule has 0 saturated heterocycles. The lowest BCUT2D eigenvalue weighted by Gasteiger charge is -2.14. The van der Waals surface area contributed by atoms with Gasteiger partial charge in [0.1, 0.15) is 17.5 Å². The van der Waals surface area contributed by atoms with Crippen molar-refractivity contribution in [1.82, 2.24) is 9.97 Å². The molecule has 1 aromatic heterocycles. The van der Waals surface area contributed by atoms with Gasteiger partial charge in [0.15, 0.2) is 5.69 Å². The normalized spacial score (nSPS) is 11.7. The number of hydrogen-bond donors (Lipinski definition) is 2. The molecule has 0 aliphatic rings. The second-order valence-electron chi connectivity index (χ2n) is 5.01. The molecule has 0 radical (unpaired) electrons. The summed E-state index contributed by atoms with van der Waals surface area (Å²) < 4.78 is 65.4. The number of hydrogen-bond acceptors (Lipinski definition) is 4. The van der Waals surface area contributed by atoms with Crippen LogP contribution in [-0.2, 0) is 6.18 Å². The minimum Gasteiger partial charge on any atom is -0.352 e. The third-order valence-electron chi connectivity index (χ3n) is 2.63. The van der Waals surface area contributed by atoms with Crippen molar-refractivity contribution in [1.29, 1.82) is 0 Å². The Kier molecular flexibility index (Phi) is 4.67. The first kappa shape index (κ1) is 16.9. The first-order chi connectivity index (χ1) is 10.6. The SMILES string of the molecule is CC(C)Nc1nc(Nc2cc(F)ccc2F)cc(C(F)(F)F)n1. The summed E-state index contributed by atoms with van der Waals surface area (Å²) in [6, 6.07) is 2.98. The predicted octanol–water partition coefficient (Wildman–Crippen LogP) is 4.34. The molecule has 0 aliphatic heterocycles. The molecule has 4 nitrogen and oxygen atoms in total. The highest BCUT2D eigenvalue weighted by atomic mass is 19.4. The molecule has 0 amide bonds. The Balaban J connectivity index is 2.42. The Morgan fingerprint density at radius 2 is 1.74 bits per heavy atom. The van der Waals surface area contributed by atoms with Gasteiger partial charge in [0, 0.05) is 18.2 Å². The van der Waals surface area contributed by atoms with E-state index < -0.39 is 23.5 Å². The smallest absolute Gasteiger partial charge is 0.352 e. The van der Waals surface area contributed by atoms with Gasteiger partial charge in [-0.1, -0.05) is 0 Å². The maximum absolute atomic E-state index is 13.6. The van der Waals surface area contributed by atoms with Crippen LogP contribution in [0.5, 0.6) is 0 Å². The van der Waals surface area contributed by atoms with Crippen molar-refractivity contribution in [3.8, 4) is 0 Å². The minimum absolute atomic E-state index is 0.211. The zero-order valence-corrected chi connectivity index (χ0v) is 12.2. The van der Waals surface area contributed by atoms with E-state index in [-0.39, 0.29) is 23.5 Å². The van der Waals surface area contributed by atoms with Crippen molar-refractivity contribution in [2.75, 3.05) is 10.6 Å². The highest BCUT2D eigenvalue weighted by Gasteiger charge is 2.34. The van der Waals surface area contributed by atoms with Gasteiger partial charge in [0.05, 0.1) is 5.69 Å². The summed E-state index contributed by atoms with van der Waals surface area (Å²) in [5, 5.41) is 4.97. The molecule has 124 valence electrons. The van der Waals surface area contributed by atoms with Crippen molar-refractivity contribution in [2.24, 2.45) is 0 Å². The number of benzene rings is 1. The van der Waals surface area contributed by atoms with Crippen molar-refractivity contribution < 1.29 is 22.0 Å². The van der Waals surface area contributed by atoms with E-state index in [4.69, 9.17) is 0 Å². The quantitative estimate of drug-likeness (QED) is 0.818. The lowest BCUT2D eigenvalue weighted by molar-refractivity contribution is -0.141. The van der Waals surface area contributed by atoms with Gasteiger partial charge in [-0.25, -0.2) is 13.8 Å². The molecule has 1 aromatic carbocycles. The average Bonchev–Trinajstić information content (AvgIpc) is 2.41. The summed E-state index contributed by atoms with van der Waals surface area (Å²) in [6.07, 6.45) is -4.70. The summed E-state index contributed by atoms with van der Waals surface area (Å²) in [6.45, 7) is 3.39. The van der Waals surface area contributed by atoms with Crippen molar-refractivity contribution in [3.63, 3.8) is 0 Å². The topological polar surface area (TPSA) is 49.8 Å². The second-order valence-corrected chi connectivity index (χ2v) is 5.01. The third-order valence-corrected chi connectivity index (χ3v) is 2.63. The number of rotatable bonds is 4. The maximum atomic E-state index is 13.6. The van der Waals surface area contributed by atoms with E-state index in [0.29, 0.717) is 6.07 Å². The van der Waals surface area contributed by atoms with Crippen LogP contribution in [0.4, 0.5) is 39.4 Å². The van der Waals surface area contributed by atoms with Gasteiger partial charge in [-0.2, -0.15) is 18.2 Å². The Morgan fingerprint density at radius 1 is 1.04 bits per heavy atom.